The van der Waals surface area contributed by atoms with Gasteiger partial charge in [0.1, 0.15) is 14.2 Å². The molecule has 0 amide bonds. The fraction of sp³-hybridized carbons (Fsp3) is 0.895. The van der Waals surface area contributed by atoms with Gasteiger partial charge in [-0.05, 0) is 41.1 Å². The van der Waals surface area contributed by atoms with Gasteiger partial charge < -0.3 is 18.9 Å². The molecule has 0 N–H and O–H groups in total. The summed E-state index contributed by atoms with van der Waals surface area (Å²) >= 11 is 0. The topological polar surface area (TPSA) is 45.2 Å². The summed E-state index contributed by atoms with van der Waals surface area (Å²) in [6, 6.07) is 0.214. The van der Waals surface area contributed by atoms with Crippen molar-refractivity contribution in [1.29, 1.82) is 0 Å². The first kappa shape index (κ1) is 24.1. The lowest BCUT2D eigenvalue weighted by atomic mass is 9.98. The monoisotopic (exact) mass is 415 g/mol. The average molecular weight is 415 g/mol. The maximum Gasteiger partial charge on any atom is 0.241 e. The molecule has 0 aliphatic carbocycles. The van der Waals surface area contributed by atoms with Crippen molar-refractivity contribution in [3.05, 3.63) is 11.6 Å². The summed E-state index contributed by atoms with van der Waals surface area (Å²) in [5.41, 5.74) is 1.36. The number of likely N-dealkylation sites (N-methyl/N-ethyl adjacent to an activating group) is 2. The van der Waals surface area contributed by atoms with E-state index in [9.17, 15) is 4.57 Å². The number of quaternary nitrogens is 1. The van der Waals surface area contributed by atoms with E-state index in [4.69, 9.17) is 9.47 Å². The molecule has 2 saturated heterocycles. The summed E-state index contributed by atoms with van der Waals surface area (Å²) in [7, 11) is 7.59. The highest BCUT2D eigenvalue weighted by Crippen LogP contribution is 2.51. The first-order valence-corrected chi connectivity index (χ1v) is 12.2. The standard InChI is InChI=1S/C19H41BN4O3P/c1-17(2)7-10-24(6)11-8-23(9-12-24)28(25,21(3)4)16-26-15-18-13-22(5)14-19(20)27-18/h7,18-19H,8-16,20H2,1-6H3/q+1. The third-order valence-electron chi connectivity index (χ3n) is 5.88. The minimum Gasteiger partial charge on any atom is -0.379 e. The molecule has 0 bridgehead atoms. The molecule has 28 heavy (non-hydrogen) atoms. The lowest BCUT2D eigenvalue weighted by Gasteiger charge is -2.45. The first-order valence-electron chi connectivity index (χ1n) is 10.4. The molecule has 2 fully saturated rings. The summed E-state index contributed by atoms with van der Waals surface area (Å²) in [5.74, 6) is 0. The van der Waals surface area contributed by atoms with E-state index in [1.807, 2.05) is 18.8 Å². The van der Waals surface area contributed by atoms with E-state index in [1.54, 1.807) is 0 Å². The van der Waals surface area contributed by atoms with Crippen LogP contribution in [0.15, 0.2) is 11.6 Å². The van der Waals surface area contributed by atoms with Gasteiger partial charge in [-0.15, -0.1) is 0 Å². The Hall–Kier alpha value is -0.205. The van der Waals surface area contributed by atoms with E-state index >= 15 is 0 Å². The summed E-state index contributed by atoms with van der Waals surface area (Å²) < 4.78 is 30.7. The van der Waals surface area contributed by atoms with Gasteiger partial charge in [-0.25, -0.2) is 9.34 Å². The van der Waals surface area contributed by atoms with Crippen LogP contribution in [-0.2, 0) is 14.0 Å². The molecule has 0 aromatic carbocycles. The van der Waals surface area contributed by atoms with Gasteiger partial charge in [0.2, 0.25) is 7.44 Å². The van der Waals surface area contributed by atoms with Crippen LogP contribution in [0.1, 0.15) is 13.8 Å². The average Bonchev–Trinajstić information content (AvgIpc) is 2.59. The Labute approximate surface area is 173 Å². The molecule has 2 rings (SSSR count). The number of hydrogen-bond acceptors (Lipinski definition) is 4. The van der Waals surface area contributed by atoms with Crippen molar-refractivity contribution in [3.63, 3.8) is 0 Å². The van der Waals surface area contributed by atoms with Crippen LogP contribution in [-0.4, -0.2) is 126 Å². The molecule has 7 nitrogen and oxygen atoms in total. The quantitative estimate of drug-likeness (QED) is 0.252. The van der Waals surface area contributed by atoms with E-state index in [1.165, 1.54) is 5.57 Å². The number of ether oxygens (including phenoxy) is 2. The van der Waals surface area contributed by atoms with Gasteiger partial charge in [0.15, 0.2) is 0 Å². The second-order valence-electron chi connectivity index (χ2n) is 9.29. The van der Waals surface area contributed by atoms with Crippen LogP contribution >= 0.6 is 7.44 Å². The Morgan fingerprint density at radius 1 is 1.32 bits per heavy atom. The van der Waals surface area contributed by atoms with Crippen molar-refractivity contribution in [1.82, 2.24) is 14.2 Å². The van der Waals surface area contributed by atoms with Crippen molar-refractivity contribution in [2.24, 2.45) is 0 Å². The fourth-order valence-electron chi connectivity index (χ4n) is 3.96. The molecular weight excluding hydrogens is 374 g/mol. The van der Waals surface area contributed by atoms with Crippen molar-refractivity contribution < 1.29 is 18.5 Å². The summed E-state index contributed by atoms with van der Waals surface area (Å²) in [5, 5.41) is 0. The number of nitrogens with zero attached hydrogens (tertiary/aromatic N) is 4. The SMILES string of the molecule is BC1CN(C)CC(COCP(=O)(N(C)C)N2CC[N+](C)(CC=C(C)C)CC2)O1. The maximum absolute atomic E-state index is 13.8. The normalized spacial score (nSPS) is 28.8. The van der Waals surface area contributed by atoms with Crippen molar-refractivity contribution in [2.75, 3.05) is 87.0 Å². The molecule has 0 aromatic heterocycles. The van der Waals surface area contributed by atoms with Gasteiger partial charge >= 0.3 is 0 Å². The predicted octanol–water partition coefficient (Wildman–Crippen LogP) is 0.733. The van der Waals surface area contributed by atoms with Crippen molar-refractivity contribution in [3.8, 4) is 0 Å². The summed E-state index contributed by atoms with van der Waals surface area (Å²) in [6.45, 7) is 11.3. The summed E-state index contributed by atoms with van der Waals surface area (Å²) in [4.78, 5) is 2.27. The van der Waals surface area contributed by atoms with Gasteiger partial charge in [-0.3, -0.25) is 4.57 Å². The van der Waals surface area contributed by atoms with Crippen LogP contribution < -0.4 is 0 Å². The molecule has 3 unspecified atom stereocenters. The minimum atomic E-state index is -2.71. The second kappa shape index (κ2) is 10.2. The van der Waals surface area contributed by atoms with Crippen molar-refractivity contribution >= 4 is 15.3 Å². The lowest BCUT2D eigenvalue weighted by molar-refractivity contribution is -0.907. The molecule has 9 heteroatoms. The first-order chi connectivity index (χ1) is 13.0. The number of rotatable bonds is 8. The molecule has 2 aliphatic rings. The number of morpholine rings is 1. The van der Waals surface area contributed by atoms with Gasteiger partial charge in [-0.1, -0.05) is 5.57 Å². The highest BCUT2D eigenvalue weighted by molar-refractivity contribution is 7.58. The van der Waals surface area contributed by atoms with Gasteiger partial charge in [-0.2, -0.15) is 0 Å². The van der Waals surface area contributed by atoms with E-state index < -0.39 is 7.44 Å². The van der Waals surface area contributed by atoms with Gasteiger partial charge in [0.25, 0.3) is 0 Å². The Balaban J connectivity index is 1.89. The molecule has 3 atom stereocenters. The molecule has 0 aromatic rings. The van der Waals surface area contributed by atoms with E-state index in [-0.39, 0.29) is 18.5 Å². The van der Waals surface area contributed by atoms with Crippen LogP contribution in [0.25, 0.3) is 0 Å². The van der Waals surface area contributed by atoms with Crippen LogP contribution in [0.3, 0.4) is 0 Å². The maximum atomic E-state index is 13.8. The van der Waals surface area contributed by atoms with Crippen LogP contribution in [0.4, 0.5) is 0 Å². The number of allylic oxidation sites excluding steroid dienone is 1. The van der Waals surface area contributed by atoms with E-state index in [0.29, 0.717) is 6.61 Å². The Morgan fingerprint density at radius 2 is 1.96 bits per heavy atom. The van der Waals surface area contributed by atoms with E-state index in [0.717, 1.165) is 50.3 Å². The van der Waals surface area contributed by atoms with Gasteiger partial charge in [0.05, 0.1) is 52.5 Å². The number of hydrogen-bond donors (Lipinski definition) is 0. The molecule has 0 saturated carbocycles. The lowest BCUT2D eigenvalue weighted by Crippen LogP contribution is -2.57. The second-order valence-corrected chi connectivity index (χ2v) is 12.2. The molecular formula is C19H41BN4O3P+. The predicted molar refractivity (Wildman–Crippen MR) is 119 cm³/mol. The van der Waals surface area contributed by atoms with Crippen LogP contribution in [0, 0.1) is 0 Å². The van der Waals surface area contributed by atoms with Crippen molar-refractivity contribution in [2.45, 2.75) is 26.0 Å². The Kier molecular flexibility index (Phi) is 8.77. The minimum absolute atomic E-state index is 0.0507. The van der Waals surface area contributed by atoms with E-state index in [2.05, 4.69) is 51.4 Å². The zero-order valence-corrected chi connectivity index (χ0v) is 20.0. The fourth-order valence-corrected chi connectivity index (χ4v) is 6.00. The zero-order chi connectivity index (χ0) is 20.9. The molecule has 2 aliphatic heterocycles. The highest BCUT2D eigenvalue weighted by atomic mass is 31.2. The number of piperazine rings is 1. The molecule has 2 heterocycles. The molecule has 0 spiro atoms. The summed E-state index contributed by atoms with van der Waals surface area (Å²) in [6.07, 6.45) is 2.62. The third-order valence-corrected chi connectivity index (χ3v) is 8.93. The van der Waals surface area contributed by atoms with Gasteiger partial charge in [0, 0.05) is 19.1 Å². The Bertz CT molecular complexity index is 568. The molecule has 0 radical (unpaired) electrons. The van der Waals surface area contributed by atoms with Crippen LogP contribution in [0.5, 0.6) is 0 Å². The Morgan fingerprint density at radius 3 is 2.50 bits per heavy atom. The zero-order valence-electron chi connectivity index (χ0n) is 19.1. The molecule has 162 valence electrons. The largest absolute Gasteiger partial charge is 0.379 e. The van der Waals surface area contributed by atoms with Crippen LogP contribution in [0.2, 0.25) is 0 Å². The third kappa shape index (κ3) is 6.66. The highest BCUT2D eigenvalue weighted by Gasteiger charge is 2.39. The smallest absolute Gasteiger partial charge is 0.241 e.